The summed E-state index contributed by atoms with van der Waals surface area (Å²) >= 11 is 0. The smallest absolute Gasteiger partial charge is 0.231 e. The molecule has 0 atom stereocenters. The summed E-state index contributed by atoms with van der Waals surface area (Å²) in [6.45, 7) is 4.41. The lowest BCUT2D eigenvalue weighted by Gasteiger charge is -2.13. The second-order valence-electron chi connectivity index (χ2n) is 4.80. The molecule has 0 radical (unpaired) electrons. The number of anilines is 1. The van der Waals surface area contributed by atoms with Crippen LogP contribution in [0.5, 0.6) is 11.5 Å². The van der Waals surface area contributed by atoms with Gasteiger partial charge in [-0.05, 0) is 24.1 Å². The highest BCUT2D eigenvalue weighted by atomic mass is 19.1. The molecular formula is C17H16FNO2. The summed E-state index contributed by atoms with van der Waals surface area (Å²) in [5.41, 5.74) is 2.58. The van der Waals surface area contributed by atoms with Crippen LogP contribution in [0.2, 0.25) is 0 Å². The summed E-state index contributed by atoms with van der Waals surface area (Å²) in [5.74, 6) is 1.23. The van der Waals surface area contributed by atoms with Crippen LogP contribution < -0.4 is 14.8 Å². The van der Waals surface area contributed by atoms with Gasteiger partial charge in [0.2, 0.25) is 6.79 Å². The molecule has 1 aliphatic rings. The van der Waals surface area contributed by atoms with Gasteiger partial charge in [0.05, 0.1) is 0 Å². The highest BCUT2D eigenvalue weighted by molar-refractivity contribution is 5.62. The first kappa shape index (κ1) is 13.5. The van der Waals surface area contributed by atoms with Crippen LogP contribution in [0.4, 0.5) is 10.1 Å². The monoisotopic (exact) mass is 285 g/mol. The summed E-state index contributed by atoms with van der Waals surface area (Å²) in [6, 6.07) is 10.6. The Kier molecular flexibility index (Phi) is 3.77. The first-order chi connectivity index (χ1) is 10.3. The number of rotatable bonds is 5. The maximum Gasteiger partial charge on any atom is 0.231 e. The maximum absolute atomic E-state index is 13.7. The van der Waals surface area contributed by atoms with Crippen molar-refractivity contribution in [1.29, 1.82) is 0 Å². The van der Waals surface area contributed by atoms with E-state index < -0.39 is 0 Å². The molecule has 1 heterocycles. The van der Waals surface area contributed by atoms with E-state index in [4.69, 9.17) is 9.47 Å². The SMILES string of the molecule is C=CCc1cc2c(cc1NCc1ccccc1F)OCO2. The van der Waals surface area contributed by atoms with Crippen molar-refractivity contribution in [3.63, 3.8) is 0 Å². The molecule has 3 rings (SSSR count). The number of hydrogen-bond acceptors (Lipinski definition) is 3. The Labute approximate surface area is 123 Å². The summed E-state index contributed by atoms with van der Waals surface area (Å²) in [5, 5.41) is 3.26. The van der Waals surface area contributed by atoms with Crippen molar-refractivity contribution in [2.24, 2.45) is 0 Å². The lowest BCUT2D eigenvalue weighted by Crippen LogP contribution is -2.04. The zero-order chi connectivity index (χ0) is 14.7. The minimum atomic E-state index is -0.212. The van der Waals surface area contributed by atoms with Crippen LogP contribution in [0.25, 0.3) is 0 Å². The van der Waals surface area contributed by atoms with Crippen LogP contribution in [0.15, 0.2) is 49.1 Å². The summed E-state index contributed by atoms with van der Waals surface area (Å²) in [4.78, 5) is 0. The molecule has 0 amide bonds. The van der Waals surface area contributed by atoms with E-state index in [0.717, 1.165) is 17.0 Å². The minimum absolute atomic E-state index is 0.212. The zero-order valence-corrected chi connectivity index (χ0v) is 11.6. The molecule has 0 spiro atoms. The molecule has 2 aromatic rings. The fourth-order valence-electron chi connectivity index (χ4n) is 2.31. The lowest BCUT2D eigenvalue weighted by molar-refractivity contribution is 0.174. The average molecular weight is 285 g/mol. The van der Waals surface area contributed by atoms with Gasteiger partial charge < -0.3 is 14.8 Å². The molecule has 0 saturated heterocycles. The molecule has 3 nitrogen and oxygen atoms in total. The van der Waals surface area contributed by atoms with E-state index in [-0.39, 0.29) is 12.6 Å². The molecular weight excluding hydrogens is 269 g/mol. The van der Waals surface area contributed by atoms with Crippen molar-refractivity contribution in [2.75, 3.05) is 12.1 Å². The number of benzene rings is 2. The van der Waals surface area contributed by atoms with Gasteiger partial charge in [-0.15, -0.1) is 6.58 Å². The molecule has 0 aliphatic carbocycles. The predicted molar refractivity (Wildman–Crippen MR) is 80.2 cm³/mol. The number of fused-ring (bicyclic) bond motifs is 1. The number of nitrogens with one attached hydrogen (secondary N) is 1. The Bertz CT molecular complexity index is 670. The zero-order valence-electron chi connectivity index (χ0n) is 11.6. The van der Waals surface area contributed by atoms with Crippen LogP contribution in [-0.4, -0.2) is 6.79 Å². The van der Waals surface area contributed by atoms with Gasteiger partial charge in [0.15, 0.2) is 11.5 Å². The number of ether oxygens (including phenoxy) is 2. The third-order valence-electron chi connectivity index (χ3n) is 3.39. The normalized spacial score (nSPS) is 12.2. The molecule has 108 valence electrons. The van der Waals surface area contributed by atoms with Gasteiger partial charge in [0.1, 0.15) is 5.82 Å². The van der Waals surface area contributed by atoms with Crippen LogP contribution >= 0.6 is 0 Å². The summed E-state index contributed by atoms with van der Waals surface area (Å²) < 4.78 is 24.4. The van der Waals surface area contributed by atoms with Gasteiger partial charge in [-0.25, -0.2) is 4.39 Å². The van der Waals surface area contributed by atoms with E-state index in [9.17, 15) is 4.39 Å². The molecule has 1 aliphatic heterocycles. The van der Waals surface area contributed by atoms with Crippen molar-refractivity contribution in [3.05, 3.63) is 66.0 Å². The summed E-state index contributed by atoms with van der Waals surface area (Å²) in [6.07, 6.45) is 2.53. The number of allylic oxidation sites excluding steroid dienone is 1. The topological polar surface area (TPSA) is 30.5 Å². The molecule has 1 N–H and O–H groups in total. The van der Waals surface area contributed by atoms with E-state index >= 15 is 0 Å². The van der Waals surface area contributed by atoms with Crippen LogP contribution in [0.3, 0.4) is 0 Å². The van der Waals surface area contributed by atoms with E-state index in [1.807, 2.05) is 24.3 Å². The van der Waals surface area contributed by atoms with E-state index in [0.29, 0.717) is 24.3 Å². The van der Waals surface area contributed by atoms with Crippen molar-refractivity contribution < 1.29 is 13.9 Å². The van der Waals surface area contributed by atoms with E-state index in [1.54, 1.807) is 12.1 Å². The molecule has 4 heteroatoms. The minimum Gasteiger partial charge on any atom is -0.454 e. The number of hydrogen-bond donors (Lipinski definition) is 1. The highest BCUT2D eigenvalue weighted by Crippen LogP contribution is 2.37. The van der Waals surface area contributed by atoms with Crippen molar-refractivity contribution in [2.45, 2.75) is 13.0 Å². The van der Waals surface area contributed by atoms with Gasteiger partial charge >= 0.3 is 0 Å². The van der Waals surface area contributed by atoms with E-state index in [1.165, 1.54) is 6.07 Å². The Morgan fingerprint density at radius 1 is 1.14 bits per heavy atom. The standard InChI is InChI=1S/C17H16FNO2/c1-2-5-12-8-16-17(21-11-20-16)9-15(12)19-10-13-6-3-4-7-14(13)18/h2-4,6-9,19H,1,5,10-11H2. The fraction of sp³-hybridized carbons (Fsp3) is 0.176. The molecule has 0 bridgehead atoms. The third kappa shape index (κ3) is 2.84. The largest absolute Gasteiger partial charge is 0.454 e. The lowest BCUT2D eigenvalue weighted by atomic mass is 10.1. The van der Waals surface area contributed by atoms with E-state index in [2.05, 4.69) is 11.9 Å². The maximum atomic E-state index is 13.7. The molecule has 21 heavy (non-hydrogen) atoms. The molecule has 0 saturated carbocycles. The van der Waals surface area contributed by atoms with Crippen molar-refractivity contribution in [3.8, 4) is 11.5 Å². The molecule has 0 fully saturated rings. The molecule has 0 unspecified atom stereocenters. The first-order valence-corrected chi connectivity index (χ1v) is 6.78. The van der Waals surface area contributed by atoms with Gasteiger partial charge in [0, 0.05) is 23.9 Å². The predicted octanol–water partition coefficient (Wildman–Crippen LogP) is 3.90. The average Bonchev–Trinajstić information content (AvgIpc) is 2.94. The van der Waals surface area contributed by atoms with Gasteiger partial charge in [-0.1, -0.05) is 24.3 Å². The Hall–Kier alpha value is -2.49. The van der Waals surface area contributed by atoms with Gasteiger partial charge in [0.25, 0.3) is 0 Å². The van der Waals surface area contributed by atoms with Crippen LogP contribution in [0, 0.1) is 5.82 Å². The Morgan fingerprint density at radius 2 is 1.90 bits per heavy atom. The molecule has 2 aromatic carbocycles. The van der Waals surface area contributed by atoms with Gasteiger partial charge in [-0.2, -0.15) is 0 Å². The van der Waals surface area contributed by atoms with Crippen LogP contribution in [0.1, 0.15) is 11.1 Å². The highest BCUT2D eigenvalue weighted by Gasteiger charge is 2.16. The first-order valence-electron chi connectivity index (χ1n) is 6.78. The second kappa shape index (κ2) is 5.87. The Morgan fingerprint density at radius 3 is 2.67 bits per heavy atom. The quantitative estimate of drug-likeness (QED) is 0.845. The molecule has 0 aromatic heterocycles. The third-order valence-corrected chi connectivity index (χ3v) is 3.39. The number of halogens is 1. The summed E-state index contributed by atoms with van der Waals surface area (Å²) in [7, 11) is 0. The van der Waals surface area contributed by atoms with Gasteiger partial charge in [-0.3, -0.25) is 0 Å². The Balaban J connectivity index is 1.84. The van der Waals surface area contributed by atoms with Crippen molar-refractivity contribution >= 4 is 5.69 Å². The van der Waals surface area contributed by atoms with Crippen LogP contribution in [-0.2, 0) is 13.0 Å². The fourth-order valence-corrected chi connectivity index (χ4v) is 2.31. The van der Waals surface area contributed by atoms with Crippen molar-refractivity contribution in [1.82, 2.24) is 0 Å². The second-order valence-corrected chi connectivity index (χ2v) is 4.80.